The van der Waals surface area contributed by atoms with Gasteiger partial charge >= 0.3 is 11.9 Å². The second-order valence-corrected chi connectivity index (χ2v) is 26.5. The number of hydrogen-bond acceptors (Lipinski definition) is 8. The minimum Gasteiger partial charge on any atom is -0.545 e. The molecule has 9 nitrogen and oxygen atoms in total. The Kier molecular flexibility index (Phi) is 74.9. The van der Waals surface area contributed by atoms with Crippen LogP contribution >= 0.6 is 0 Å². The highest BCUT2D eigenvalue weighted by Gasteiger charge is 2.22. The van der Waals surface area contributed by atoms with Crippen molar-refractivity contribution in [3.8, 4) is 0 Å². The van der Waals surface area contributed by atoms with Crippen molar-refractivity contribution in [1.82, 2.24) is 0 Å². The minimum atomic E-state index is -1.65. The fraction of sp³-hybridized carbons (Fsp3) is 0.521. The Morgan fingerprint density at radius 2 is 0.524 bits per heavy atom. The van der Waals surface area contributed by atoms with Crippen molar-refractivity contribution in [1.29, 1.82) is 0 Å². The van der Waals surface area contributed by atoms with Crippen LogP contribution in [0.3, 0.4) is 0 Å². The molecule has 0 radical (unpaired) electrons. The normalized spacial score (nSPS) is 14.1. The second kappa shape index (κ2) is 80.5. The Labute approximate surface area is 630 Å². The molecule has 2 atom stereocenters. The van der Waals surface area contributed by atoms with Crippen molar-refractivity contribution in [3.05, 3.63) is 255 Å². The van der Waals surface area contributed by atoms with Gasteiger partial charge in [-0.05, 0) is 173 Å². The number of hydrogen-bond donors (Lipinski definition) is 0. The van der Waals surface area contributed by atoms with Gasteiger partial charge in [0.2, 0.25) is 0 Å². The zero-order valence-electron chi connectivity index (χ0n) is 65.3. The fourth-order valence-electron chi connectivity index (χ4n) is 9.80. The van der Waals surface area contributed by atoms with E-state index in [2.05, 4.69) is 269 Å². The van der Waals surface area contributed by atoms with Gasteiger partial charge in [-0.3, -0.25) is 9.59 Å². The fourth-order valence-corrected chi connectivity index (χ4v) is 9.80. The monoisotopic (exact) mass is 1410 g/mol. The predicted octanol–water partition coefficient (Wildman–Crippen LogP) is 24.8. The number of carbonyl (C=O) groups excluding carboxylic acids is 3. The van der Waals surface area contributed by atoms with Crippen LogP contribution in [0.25, 0.3) is 0 Å². The van der Waals surface area contributed by atoms with Crippen LogP contribution in [0, 0.1) is 0 Å². The first-order chi connectivity index (χ1) is 50.6. The first kappa shape index (κ1) is 95.8. The highest BCUT2D eigenvalue weighted by atomic mass is 16.7. The highest BCUT2D eigenvalue weighted by Crippen LogP contribution is 2.15. The molecule has 0 N–H and O–H groups in total. The summed E-state index contributed by atoms with van der Waals surface area (Å²) in [7, 11) is 5.90. The summed E-state index contributed by atoms with van der Waals surface area (Å²) in [5, 5.41) is 11.9. The van der Waals surface area contributed by atoms with Gasteiger partial charge in [-0.15, -0.1) is 0 Å². The maximum atomic E-state index is 13.0. The third-order valence-electron chi connectivity index (χ3n) is 15.8. The van der Waals surface area contributed by atoms with Gasteiger partial charge in [0.05, 0.1) is 40.3 Å². The summed E-state index contributed by atoms with van der Waals surface area (Å²) in [6, 6.07) is 0. The lowest BCUT2D eigenvalue weighted by atomic mass is 10.0. The van der Waals surface area contributed by atoms with Crippen molar-refractivity contribution in [3.63, 3.8) is 0 Å². The Hall–Kier alpha value is -7.17. The van der Waals surface area contributed by atoms with E-state index in [9.17, 15) is 19.5 Å². The highest BCUT2D eigenvalue weighted by molar-refractivity contribution is 5.70. The minimum absolute atomic E-state index is 0.125. The summed E-state index contributed by atoms with van der Waals surface area (Å²) in [6.45, 7) is 4.43. The molecule has 0 saturated carbocycles. The second-order valence-electron chi connectivity index (χ2n) is 26.5. The van der Waals surface area contributed by atoms with Gasteiger partial charge in [-0.2, -0.15) is 0 Å². The average Bonchev–Trinajstić information content (AvgIpc) is 0.985. The van der Waals surface area contributed by atoms with E-state index in [0.717, 1.165) is 173 Å². The lowest BCUT2D eigenvalue weighted by molar-refractivity contribution is -0.870. The van der Waals surface area contributed by atoms with E-state index < -0.39 is 24.3 Å². The number of unbranched alkanes of at least 4 members (excludes halogenated alkanes) is 13. The summed E-state index contributed by atoms with van der Waals surface area (Å²) in [5.74, 6) is -2.38. The number of carboxylic acid groups (broad SMARTS) is 1. The maximum absolute atomic E-state index is 13.0. The number of esters is 2. The molecular formula is C94H143NO8. The zero-order valence-corrected chi connectivity index (χ0v) is 65.3. The van der Waals surface area contributed by atoms with E-state index in [-0.39, 0.29) is 38.6 Å². The molecule has 0 aromatic heterocycles. The Bertz CT molecular complexity index is 2660. The largest absolute Gasteiger partial charge is 0.545 e. The van der Waals surface area contributed by atoms with E-state index >= 15 is 0 Å². The number of quaternary nitrogens is 1. The van der Waals surface area contributed by atoms with Crippen molar-refractivity contribution < 1.29 is 42.9 Å². The molecule has 0 aliphatic carbocycles. The van der Waals surface area contributed by atoms with E-state index in [0.29, 0.717) is 23.9 Å². The number of carbonyl (C=O) groups is 3. The van der Waals surface area contributed by atoms with E-state index in [4.69, 9.17) is 18.9 Å². The molecule has 0 saturated heterocycles. The van der Waals surface area contributed by atoms with Crippen molar-refractivity contribution in [2.45, 2.75) is 270 Å². The van der Waals surface area contributed by atoms with Gasteiger partial charge in [0.25, 0.3) is 0 Å². The molecule has 9 heteroatoms. The van der Waals surface area contributed by atoms with E-state index in [1.54, 1.807) is 0 Å². The molecule has 0 spiro atoms. The number of aliphatic carboxylic acids is 1. The van der Waals surface area contributed by atoms with Gasteiger partial charge < -0.3 is 33.3 Å². The summed E-state index contributed by atoms with van der Waals surface area (Å²) in [4.78, 5) is 37.6. The third kappa shape index (κ3) is 82.0. The first-order valence-electron chi connectivity index (χ1n) is 39.8. The molecule has 0 aliphatic heterocycles. The summed E-state index contributed by atoms with van der Waals surface area (Å²) in [5.41, 5.74) is 0. The van der Waals surface area contributed by atoms with E-state index in [1.807, 2.05) is 21.1 Å². The third-order valence-corrected chi connectivity index (χ3v) is 15.8. The first-order valence-corrected chi connectivity index (χ1v) is 39.8. The number of ether oxygens (including phenoxy) is 4. The molecule has 0 fully saturated rings. The van der Waals surface area contributed by atoms with Crippen molar-refractivity contribution in [2.24, 2.45) is 0 Å². The van der Waals surface area contributed by atoms with Gasteiger partial charge in [0, 0.05) is 12.8 Å². The van der Waals surface area contributed by atoms with Crippen LogP contribution in [0.15, 0.2) is 255 Å². The van der Waals surface area contributed by atoms with Gasteiger partial charge in [0.15, 0.2) is 12.4 Å². The van der Waals surface area contributed by atoms with Gasteiger partial charge in [0.1, 0.15) is 13.2 Å². The lowest BCUT2D eigenvalue weighted by Crippen LogP contribution is -2.44. The summed E-state index contributed by atoms with van der Waals surface area (Å²) < 4.78 is 22.8. The lowest BCUT2D eigenvalue weighted by Gasteiger charge is -2.26. The SMILES string of the molecule is CC/C=C\C/C=C\C/C=C\C/C=C\C/C=C\C/C=C\C/C=C\C/C=C\C/C=C\C/C=C\C/C=C\C/C=C\CCCCC(=O)OC(COC(=O)CCCCCCCCCCCCC/C=C\C/C=C\C/C=C\C/C=C\C/C=C\C/C=C\C/C=C\C/C=C\C/C=C\CC)COC(OCC[N+](C)(C)C)C(=O)[O-]. The van der Waals surface area contributed by atoms with Crippen LogP contribution in [-0.4, -0.2) is 82.3 Å². The topological polar surface area (TPSA) is 111 Å². The van der Waals surface area contributed by atoms with Crippen molar-refractivity contribution in [2.75, 3.05) is 47.5 Å². The molecule has 2 unspecified atom stereocenters. The number of carboxylic acids is 1. The average molecular weight is 1420 g/mol. The van der Waals surface area contributed by atoms with Crippen LogP contribution in [0.2, 0.25) is 0 Å². The molecule has 0 aliphatic rings. The Balaban J connectivity index is 4.24. The summed E-state index contributed by atoms with van der Waals surface area (Å²) in [6.07, 6.45) is 128. The van der Waals surface area contributed by atoms with Crippen LogP contribution in [0.5, 0.6) is 0 Å². The molecule has 0 rings (SSSR count). The quantitative estimate of drug-likeness (QED) is 0.0195. The molecule has 0 heterocycles. The van der Waals surface area contributed by atoms with Crippen LogP contribution in [0.4, 0.5) is 0 Å². The smallest absolute Gasteiger partial charge is 0.306 e. The van der Waals surface area contributed by atoms with Crippen LogP contribution in [-0.2, 0) is 33.3 Å². The molecule has 0 bridgehead atoms. The van der Waals surface area contributed by atoms with Gasteiger partial charge in [-0.25, -0.2) is 0 Å². The molecule has 572 valence electrons. The van der Waals surface area contributed by atoms with Gasteiger partial charge in [-0.1, -0.05) is 327 Å². The standard InChI is InChI=1S/C94H143NO8/c1-6-8-10-12-14-16-18-20-22-24-26-28-30-32-34-36-38-40-42-44-46-48-50-52-54-56-58-60-62-64-66-68-70-72-74-76-78-80-82-84-91(96)101-88-90(89-102-94(93(98)99)100-87-86-95(3,4)5)103-92(97)85-83-81-79-77-75-73-71-69-67-65-63-61-59-57-55-53-51-49-47-45-43-41-39-37-35-33-31-29-27-25-23-21-19-17-15-13-11-9-7-2/h8-11,14-17,20-23,26-29,32-35,38-41,44-47,50-53,56-59,63,65,69,71,75,77,90,94H,6-7,12-13,18-19,24-25,30-31,36-37,42-43,48-49,54-55,60-62,64,66-68,70,72-74,76,78-89H2,1-5H3/b10-8-,11-9-,16-14-,17-15-,22-20-,23-21-,28-26-,29-27-,34-32-,35-33-,40-38-,41-39-,46-44-,47-45-,52-50-,53-51-,58-56-,59-57-,65-63-,71-69-,77-75-. The number of nitrogens with zero attached hydrogens (tertiary/aromatic N) is 1. The van der Waals surface area contributed by atoms with Crippen LogP contribution < -0.4 is 5.11 Å². The summed E-state index contributed by atoms with van der Waals surface area (Å²) >= 11 is 0. The number of rotatable bonds is 70. The number of likely N-dealkylation sites (N-methyl/N-ethyl adjacent to an activating group) is 1. The molecule has 0 amide bonds. The Morgan fingerprint density at radius 1 is 0.291 bits per heavy atom. The maximum Gasteiger partial charge on any atom is 0.306 e. The zero-order chi connectivity index (χ0) is 74.6. The Morgan fingerprint density at radius 3 is 0.796 bits per heavy atom. The van der Waals surface area contributed by atoms with E-state index in [1.165, 1.54) is 44.9 Å². The number of allylic oxidation sites excluding steroid dienone is 42. The molecule has 103 heavy (non-hydrogen) atoms. The van der Waals surface area contributed by atoms with Crippen LogP contribution in [0.1, 0.15) is 258 Å². The predicted molar refractivity (Wildman–Crippen MR) is 443 cm³/mol. The molecule has 0 aromatic rings. The molecular weight excluding hydrogens is 1270 g/mol. The molecule has 0 aromatic carbocycles. The van der Waals surface area contributed by atoms with Crippen molar-refractivity contribution >= 4 is 17.9 Å².